The summed E-state index contributed by atoms with van der Waals surface area (Å²) >= 11 is 0. The number of carbonyl (C=O) groups excluding carboxylic acids is 1. The lowest BCUT2D eigenvalue weighted by atomic mass is 10.2. The standard InChI is InChI=1S/C17H22FN3O3/c1-9-8-23-14-11(18)6-7-12-13(14)21(9)15(20-12)10(2)19-16(22)24-17(3,4)5/h6-7,9-10H,8H2,1-5H3,(H,19,22)/t9-,10?/m1/s1. The summed E-state index contributed by atoms with van der Waals surface area (Å²) in [6.07, 6.45) is -0.513. The lowest BCUT2D eigenvalue weighted by Crippen LogP contribution is -2.35. The first-order chi connectivity index (χ1) is 11.2. The number of imidazole rings is 1. The molecule has 6 nitrogen and oxygen atoms in total. The number of rotatable bonds is 2. The molecule has 1 N–H and O–H groups in total. The van der Waals surface area contributed by atoms with Gasteiger partial charge in [0.25, 0.3) is 0 Å². The fraction of sp³-hybridized carbons (Fsp3) is 0.529. The number of benzene rings is 1. The minimum atomic E-state index is -0.577. The Hall–Kier alpha value is -2.31. The van der Waals surface area contributed by atoms with Crippen LogP contribution in [0, 0.1) is 5.82 Å². The number of amides is 1. The van der Waals surface area contributed by atoms with Gasteiger partial charge in [-0.1, -0.05) is 0 Å². The second kappa shape index (κ2) is 5.65. The molecule has 2 atom stereocenters. The van der Waals surface area contributed by atoms with E-state index in [1.165, 1.54) is 6.07 Å². The Kier molecular flexibility index (Phi) is 3.89. The summed E-state index contributed by atoms with van der Waals surface area (Å²) < 4.78 is 26.8. The van der Waals surface area contributed by atoms with Crippen molar-refractivity contribution in [1.29, 1.82) is 0 Å². The third-order valence-corrected chi connectivity index (χ3v) is 3.82. The number of aromatic nitrogens is 2. The molecule has 0 saturated carbocycles. The molecule has 7 heteroatoms. The smallest absolute Gasteiger partial charge is 0.408 e. The van der Waals surface area contributed by atoms with Gasteiger partial charge in [-0.05, 0) is 46.8 Å². The van der Waals surface area contributed by atoms with Gasteiger partial charge in [0.2, 0.25) is 0 Å². The van der Waals surface area contributed by atoms with Crippen LogP contribution in [0.25, 0.3) is 11.0 Å². The van der Waals surface area contributed by atoms with Crippen molar-refractivity contribution in [3.05, 3.63) is 23.8 Å². The molecule has 2 aromatic rings. The Morgan fingerprint density at radius 1 is 1.50 bits per heavy atom. The number of nitrogens with zero attached hydrogens (tertiary/aromatic N) is 2. The van der Waals surface area contributed by atoms with Crippen molar-refractivity contribution in [2.75, 3.05) is 6.61 Å². The molecule has 1 aliphatic heterocycles. The average Bonchev–Trinajstić information content (AvgIpc) is 2.84. The Bertz CT molecular complexity index is 794. The molecule has 1 aliphatic rings. The summed E-state index contributed by atoms with van der Waals surface area (Å²) in [5.41, 5.74) is 0.694. The van der Waals surface area contributed by atoms with Gasteiger partial charge in [0, 0.05) is 0 Å². The van der Waals surface area contributed by atoms with Gasteiger partial charge in [0.15, 0.2) is 11.6 Å². The Labute approximate surface area is 139 Å². The van der Waals surface area contributed by atoms with E-state index in [4.69, 9.17) is 9.47 Å². The largest absolute Gasteiger partial charge is 0.486 e. The molecule has 0 spiro atoms. The number of halogens is 1. The predicted molar refractivity (Wildman–Crippen MR) is 87.7 cm³/mol. The summed E-state index contributed by atoms with van der Waals surface area (Å²) in [6.45, 7) is 9.56. The molecule has 130 valence electrons. The zero-order chi connectivity index (χ0) is 17.6. The highest BCUT2D eigenvalue weighted by atomic mass is 19.1. The third kappa shape index (κ3) is 2.90. The molecule has 1 unspecified atom stereocenters. The number of nitrogens with one attached hydrogen (secondary N) is 1. The fourth-order valence-corrected chi connectivity index (χ4v) is 2.87. The van der Waals surface area contributed by atoms with Crippen molar-refractivity contribution in [2.45, 2.75) is 52.3 Å². The third-order valence-electron chi connectivity index (χ3n) is 3.82. The zero-order valence-electron chi connectivity index (χ0n) is 14.5. The van der Waals surface area contributed by atoms with Crippen LogP contribution in [0.3, 0.4) is 0 Å². The maximum atomic E-state index is 14.0. The maximum Gasteiger partial charge on any atom is 0.408 e. The molecule has 0 fully saturated rings. The number of ether oxygens (including phenoxy) is 2. The van der Waals surface area contributed by atoms with Gasteiger partial charge >= 0.3 is 6.09 Å². The topological polar surface area (TPSA) is 65.4 Å². The van der Waals surface area contributed by atoms with E-state index in [9.17, 15) is 9.18 Å². The molecule has 1 aromatic carbocycles. The van der Waals surface area contributed by atoms with Crippen LogP contribution in [-0.2, 0) is 4.74 Å². The summed E-state index contributed by atoms with van der Waals surface area (Å²) in [4.78, 5) is 16.6. The van der Waals surface area contributed by atoms with E-state index in [0.29, 0.717) is 23.5 Å². The van der Waals surface area contributed by atoms with Crippen molar-refractivity contribution < 1.29 is 18.7 Å². The predicted octanol–water partition coefficient (Wildman–Crippen LogP) is 3.71. The molecule has 2 heterocycles. The second-order valence-corrected chi connectivity index (χ2v) is 7.11. The molecule has 0 saturated heterocycles. The van der Waals surface area contributed by atoms with Gasteiger partial charge in [0.1, 0.15) is 23.5 Å². The van der Waals surface area contributed by atoms with Crippen molar-refractivity contribution >= 4 is 17.1 Å². The number of hydrogen-bond donors (Lipinski definition) is 1. The van der Waals surface area contributed by atoms with Crippen LogP contribution < -0.4 is 10.1 Å². The number of hydrogen-bond acceptors (Lipinski definition) is 4. The van der Waals surface area contributed by atoms with Crippen molar-refractivity contribution in [3.8, 4) is 5.75 Å². The SMILES string of the molecule is CC(NC(=O)OC(C)(C)C)c1nc2ccc(F)c3c2n1[C@H](C)CO3. The van der Waals surface area contributed by atoms with Crippen molar-refractivity contribution in [2.24, 2.45) is 0 Å². The molecule has 0 bridgehead atoms. The van der Waals surface area contributed by atoms with Crippen molar-refractivity contribution in [3.63, 3.8) is 0 Å². The highest BCUT2D eigenvalue weighted by Gasteiger charge is 2.29. The average molecular weight is 335 g/mol. The van der Waals surface area contributed by atoms with Gasteiger partial charge in [-0.15, -0.1) is 0 Å². The molecule has 3 rings (SSSR count). The first-order valence-corrected chi connectivity index (χ1v) is 8.00. The first kappa shape index (κ1) is 16.5. The van der Waals surface area contributed by atoms with Crippen LogP contribution in [0.1, 0.15) is 52.5 Å². The second-order valence-electron chi connectivity index (χ2n) is 7.11. The molecule has 0 aliphatic carbocycles. The van der Waals surface area contributed by atoms with Crippen LogP contribution in [0.4, 0.5) is 9.18 Å². The summed E-state index contributed by atoms with van der Waals surface area (Å²) in [6, 6.07) is 2.57. The molecular weight excluding hydrogens is 313 g/mol. The Morgan fingerprint density at radius 2 is 2.21 bits per heavy atom. The minimum absolute atomic E-state index is 0.0119. The molecule has 0 radical (unpaired) electrons. The summed E-state index contributed by atoms with van der Waals surface area (Å²) in [5.74, 6) is 0.460. The van der Waals surface area contributed by atoms with Crippen LogP contribution in [0.15, 0.2) is 12.1 Å². The van der Waals surface area contributed by atoms with Crippen LogP contribution in [0.2, 0.25) is 0 Å². The Balaban J connectivity index is 1.97. The van der Waals surface area contributed by atoms with E-state index < -0.39 is 17.5 Å². The van der Waals surface area contributed by atoms with E-state index in [0.717, 1.165) is 0 Å². The van der Waals surface area contributed by atoms with Crippen molar-refractivity contribution in [1.82, 2.24) is 14.9 Å². The van der Waals surface area contributed by atoms with E-state index in [2.05, 4.69) is 10.3 Å². The molecule has 24 heavy (non-hydrogen) atoms. The van der Waals surface area contributed by atoms with E-state index in [1.807, 2.05) is 18.4 Å². The van der Waals surface area contributed by atoms with E-state index in [1.54, 1.807) is 26.8 Å². The van der Waals surface area contributed by atoms with E-state index >= 15 is 0 Å². The van der Waals surface area contributed by atoms with Gasteiger partial charge in [-0.2, -0.15) is 0 Å². The minimum Gasteiger partial charge on any atom is -0.486 e. The Morgan fingerprint density at radius 3 is 2.88 bits per heavy atom. The number of alkyl carbamates (subject to hydrolysis) is 1. The molecule has 1 amide bonds. The monoisotopic (exact) mass is 335 g/mol. The van der Waals surface area contributed by atoms with Crippen LogP contribution in [-0.4, -0.2) is 27.9 Å². The lowest BCUT2D eigenvalue weighted by molar-refractivity contribution is 0.0504. The van der Waals surface area contributed by atoms with Gasteiger partial charge in [0.05, 0.1) is 17.6 Å². The van der Waals surface area contributed by atoms with Crippen LogP contribution in [0.5, 0.6) is 5.75 Å². The molecule has 1 aromatic heterocycles. The number of carbonyl (C=O) groups is 1. The highest BCUT2D eigenvalue weighted by molar-refractivity contribution is 5.84. The van der Waals surface area contributed by atoms with Gasteiger partial charge < -0.3 is 19.4 Å². The maximum absolute atomic E-state index is 14.0. The fourth-order valence-electron chi connectivity index (χ4n) is 2.87. The van der Waals surface area contributed by atoms with Crippen LogP contribution >= 0.6 is 0 Å². The first-order valence-electron chi connectivity index (χ1n) is 8.00. The summed E-state index contributed by atoms with van der Waals surface area (Å²) in [5, 5.41) is 2.79. The summed E-state index contributed by atoms with van der Waals surface area (Å²) in [7, 11) is 0. The highest BCUT2D eigenvalue weighted by Crippen LogP contribution is 2.37. The lowest BCUT2D eigenvalue weighted by Gasteiger charge is -2.27. The normalized spacial score (nSPS) is 18.2. The van der Waals surface area contributed by atoms with Gasteiger partial charge in [-0.25, -0.2) is 14.2 Å². The zero-order valence-corrected chi connectivity index (χ0v) is 14.5. The quantitative estimate of drug-likeness (QED) is 0.908. The van der Waals surface area contributed by atoms with E-state index in [-0.39, 0.29) is 17.8 Å². The van der Waals surface area contributed by atoms with Gasteiger partial charge in [-0.3, -0.25) is 0 Å². The molecular formula is C17H22FN3O3.